The number of hydrogen-bond acceptors (Lipinski definition) is 2. The van der Waals surface area contributed by atoms with Crippen LogP contribution in [0.5, 0.6) is 0 Å². The van der Waals surface area contributed by atoms with E-state index in [9.17, 15) is 0 Å². The maximum Gasteiger partial charge on any atom is 0.0781 e. The van der Waals surface area contributed by atoms with Crippen LogP contribution in [0, 0.1) is 5.92 Å². The summed E-state index contributed by atoms with van der Waals surface area (Å²) in [6.07, 6.45) is 2.56. The third-order valence-electron chi connectivity index (χ3n) is 3.97. The van der Waals surface area contributed by atoms with Gasteiger partial charge in [0.15, 0.2) is 0 Å². The number of rotatable bonds is 5. The van der Waals surface area contributed by atoms with Crippen molar-refractivity contribution in [2.75, 3.05) is 13.2 Å². The van der Waals surface area contributed by atoms with E-state index in [1.165, 1.54) is 0 Å². The van der Waals surface area contributed by atoms with Gasteiger partial charge in [0.1, 0.15) is 0 Å². The zero-order valence-electron chi connectivity index (χ0n) is 11.8. The van der Waals surface area contributed by atoms with E-state index in [0.29, 0.717) is 27.1 Å². The van der Waals surface area contributed by atoms with Gasteiger partial charge in [0.2, 0.25) is 0 Å². The molecule has 0 saturated carbocycles. The van der Waals surface area contributed by atoms with Gasteiger partial charge in [0, 0.05) is 19.2 Å². The van der Waals surface area contributed by atoms with E-state index in [0.717, 1.165) is 31.6 Å². The number of ether oxygens (including phenoxy) is 1. The Hall–Kier alpha value is 0.01000. The van der Waals surface area contributed by atoms with Gasteiger partial charge >= 0.3 is 0 Å². The minimum absolute atomic E-state index is 0.135. The Morgan fingerprint density at radius 1 is 1.30 bits per heavy atom. The lowest BCUT2D eigenvalue weighted by Crippen LogP contribution is -2.30. The summed E-state index contributed by atoms with van der Waals surface area (Å²) in [7, 11) is 0. The fourth-order valence-corrected chi connectivity index (χ4v) is 3.40. The van der Waals surface area contributed by atoms with Crippen molar-refractivity contribution in [1.29, 1.82) is 0 Å². The lowest BCUT2D eigenvalue weighted by Gasteiger charge is -2.22. The van der Waals surface area contributed by atoms with Crippen molar-refractivity contribution in [2.45, 2.75) is 38.8 Å². The molecule has 1 N–H and O–H groups in total. The molecular weight excluding hydrogens is 317 g/mol. The topological polar surface area (TPSA) is 21.3 Å². The largest absolute Gasteiger partial charge is 0.378 e. The second kappa shape index (κ2) is 7.33. The second-order valence-corrected chi connectivity index (χ2v) is 6.42. The third kappa shape index (κ3) is 3.61. The first-order valence-electron chi connectivity index (χ1n) is 7.03. The summed E-state index contributed by atoms with van der Waals surface area (Å²) >= 11 is 18.3. The number of halogens is 3. The molecule has 3 atom stereocenters. The van der Waals surface area contributed by atoms with E-state index in [4.69, 9.17) is 39.5 Å². The average molecular weight is 337 g/mol. The third-order valence-corrected chi connectivity index (χ3v) is 5.27. The van der Waals surface area contributed by atoms with Crippen molar-refractivity contribution in [3.05, 3.63) is 32.8 Å². The molecule has 1 heterocycles. The molecule has 1 aromatic rings. The molecule has 1 aliphatic heterocycles. The summed E-state index contributed by atoms with van der Waals surface area (Å²) in [5, 5.41) is 4.98. The van der Waals surface area contributed by atoms with Crippen LogP contribution in [0.1, 0.15) is 38.3 Å². The summed E-state index contributed by atoms with van der Waals surface area (Å²) in [5.74, 6) is 0.573. The normalized spacial score (nSPS) is 24.1. The molecule has 0 radical (unpaired) electrons. The maximum atomic E-state index is 6.26. The molecule has 0 aromatic heterocycles. The molecule has 5 heteroatoms. The van der Waals surface area contributed by atoms with E-state index in [-0.39, 0.29) is 6.04 Å². The van der Waals surface area contributed by atoms with Gasteiger partial charge in [-0.3, -0.25) is 0 Å². The zero-order valence-corrected chi connectivity index (χ0v) is 14.0. The molecule has 2 rings (SSSR count). The maximum absolute atomic E-state index is 6.26. The summed E-state index contributed by atoms with van der Waals surface area (Å²) in [6, 6.07) is 3.85. The van der Waals surface area contributed by atoms with Crippen LogP contribution in [0.4, 0.5) is 0 Å². The standard InChI is InChI=1S/C15H20Cl3NO/c1-3-13-10(6-7-20-13)8-19-9(2)11-4-5-12(16)15(18)14(11)17/h4-5,9-10,13,19H,3,6-8H2,1-2H3. The van der Waals surface area contributed by atoms with Gasteiger partial charge < -0.3 is 10.1 Å². The van der Waals surface area contributed by atoms with Crippen LogP contribution in [-0.2, 0) is 4.74 Å². The van der Waals surface area contributed by atoms with E-state index in [2.05, 4.69) is 19.2 Å². The van der Waals surface area contributed by atoms with Crippen molar-refractivity contribution in [1.82, 2.24) is 5.32 Å². The fourth-order valence-electron chi connectivity index (χ4n) is 2.69. The molecule has 1 aliphatic rings. The quantitative estimate of drug-likeness (QED) is 0.754. The molecule has 0 amide bonds. The molecule has 1 aromatic carbocycles. The van der Waals surface area contributed by atoms with E-state index in [1.54, 1.807) is 6.07 Å². The highest BCUT2D eigenvalue weighted by molar-refractivity contribution is 6.48. The molecule has 0 aliphatic carbocycles. The van der Waals surface area contributed by atoms with Gasteiger partial charge in [0.05, 0.1) is 21.2 Å². The van der Waals surface area contributed by atoms with Crippen LogP contribution in [0.3, 0.4) is 0 Å². The Morgan fingerprint density at radius 3 is 2.75 bits per heavy atom. The molecule has 0 spiro atoms. The van der Waals surface area contributed by atoms with Crippen LogP contribution in [0.25, 0.3) is 0 Å². The average Bonchev–Trinajstić information content (AvgIpc) is 2.90. The van der Waals surface area contributed by atoms with Crippen LogP contribution in [0.2, 0.25) is 15.1 Å². The second-order valence-electron chi connectivity index (χ2n) is 5.26. The molecule has 0 bridgehead atoms. The predicted octanol–water partition coefficient (Wildman–Crippen LogP) is 5.11. The zero-order chi connectivity index (χ0) is 14.7. The summed E-state index contributed by atoms with van der Waals surface area (Å²) in [4.78, 5) is 0. The predicted molar refractivity (Wildman–Crippen MR) is 86.0 cm³/mol. The lowest BCUT2D eigenvalue weighted by atomic mass is 9.98. The smallest absolute Gasteiger partial charge is 0.0781 e. The molecule has 1 fully saturated rings. The first-order chi connectivity index (χ1) is 9.54. The van der Waals surface area contributed by atoms with Crippen molar-refractivity contribution in [2.24, 2.45) is 5.92 Å². The van der Waals surface area contributed by atoms with Crippen molar-refractivity contribution in [3.8, 4) is 0 Å². The van der Waals surface area contributed by atoms with Crippen molar-refractivity contribution >= 4 is 34.8 Å². The van der Waals surface area contributed by atoms with Crippen LogP contribution < -0.4 is 5.32 Å². The molecule has 20 heavy (non-hydrogen) atoms. The van der Waals surface area contributed by atoms with Crippen molar-refractivity contribution in [3.63, 3.8) is 0 Å². The van der Waals surface area contributed by atoms with E-state index in [1.807, 2.05) is 6.07 Å². The van der Waals surface area contributed by atoms with Crippen molar-refractivity contribution < 1.29 is 4.74 Å². The SMILES string of the molecule is CCC1OCCC1CNC(C)c1ccc(Cl)c(Cl)c1Cl. The lowest BCUT2D eigenvalue weighted by molar-refractivity contribution is 0.0867. The van der Waals surface area contributed by atoms with Crippen LogP contribution in [-0.4, -0.2) is 19.3 Å². The highest BCUT2D eigenvalue weighted by Gasteiger charge is 2.27. The van der Waals surface area contributed by atoms with E-state index >= 15 is 0 Å². The molecule has 2 nitrogen and oxygen atoms in total. The van der Waals surface area contributed by atoms with Gasteiger partial charge in [-0.05, 0) is 37.3 Å². The van der Waals surface area contributed by atoms with Gasteiger partial charge in [-0.2, -0.15) is 0 Å². The number of nitrogens with one attached hydrogen (secondary N) is 1. The summed E-state index contributed by atoms with van der Waals surface area (Å²) < 4.78 is 5.71. The molecular formula is C15H20Cl3NO. The Balaban J connectivity index is 1.98. The Labute approximate surface area is 135 Å². The Kier molecular flexibility index (Phi) is 6.00. The number of benzene rings is 1. The van der Waals surface area contributed by atoms with Gasteiger partial charge in [-0.1, -0.05) is 47.8 Å². The van der Waals surface area contributed by atoms with Crippen LogP contribution in [0.15, 0.2) is 12.1 Å². The first-order valence-corrected chi connectivity index (χ1v) is 8.16. The Bertz CT molecular complexity index is 467. The van der Waals surface area contributed by atoms with Gasteiger partial charge in [0.25, 0.3) is 0 Å². The monoisotopic (exact) mass is 335 g/mol. The van der Waals surface area contributed by atoms with E-state index < -0.39 is 0 Å². The van der Waals surface area contributed by atoms with Gasteiger partial charge in [-0.25, -0.2) is 0 Å². The van der Waals surface area contributed by atoms with Gasteiger partial charge in [-0.15, -0.1) is 0 Å². The highest BCUT2D eigenvalue weighted by Crippen LogP contribution is 2.35. The summed E-state index contributed by atoms with van der Waals surface area (Å²) in [5.41, 5.74) is 0.980. The minimum atomic E-state index is 0.135. The minimum Gasteiger partial charge on any atom is -0.378 e. The van der Waals surface area contributed by atoms with Crippen LogP contribution >= 0.6 is 34.8 Å². The molecule has 3 unspecified atom stereocenters. The first kappa shape index (κ1) is 16.4. The molecule has 1 saturated heterocycles. The fraction of sp³-hybridized carbons (Fsp3) is 0.600. The highest BCUT2D eigenvalue weighted by atomic mass is 35.5. The molecule has 112 valence electrons. The Morgan fingerprint density at radius 2 is 2.05 bits per heavy atom. The number of hydrogen-bond donors (Lipinski definition) is 1. The summed E-state index contributed by atoms with van der Waals surface area (Å²) in [6.45, 7) is 6.05.